The van der Waals surface area contributed by atoms with Gasteiger partial charge in [-0.05, 0) is 77.6 Å². The molecule has 1 aliphatic heterocycles. The van der Waals surface area contributed by atoms with Gasteiger partial charge in [0.15, 0.2) is 11.5 Å². The number of anilines is 1. The van der Waals surface area contributed by atoms with Crippen LogP contribution in [-0.2, 0) is 13.0 Å². The van der Waals surface area contributed by atoms with E-state index < -0.39 is 0 Å². The van der Waals surface area contributed by atoms with E-state index in [0.29, 0.717) is 35.8 Å². The molecule has 1 aliphatic rings. The van der Waals surface area contributed by atoms with E-state index in [1.54, 1.807) is 50.5 Å². The molecule has 8 nitrogen and oxygen atoms in total. The minimum atomic E-state index is -0.193. The van der Waals surface area contributed by atoms with Crippen molar-refractivity contribution >= 4 is 17.6 Å². The molecule has 3 aromatic rings. The minimum absolute atomic E-state index is 0.145. The monoisotopic (exact) mass is 517 g/mol. The average molecular weight is 518 g/mol. The van der Waals surface area contributed by atoms with Crippen LogP contribution in [0.15, 0.2) is 60.7 Å². The van der Waals surface area contributed by atoms with Crippen LogP contribution in [0.2, 0.25) is 0 Å². The van der Waals surface area contributed by atoms with E-state index in [-0.39, 0.29) is 23.9 Å². The summed E-state index contributed by atoms with van der Waals surface area (Å²) in [6.07, 6.45) is 0.730. The summed E-state index contributed by atoms with van der Waals surface area (Å²) in [5.41, 5.74) is 4.34. The van der Waals surface area contributed by atoms with Gasteiger partial charge in [0.25, 0.3) is 5.91 Å². The second-order valence-electron chi connectivity index (χ2n) is 9.62. The zero-order valence-electron chi connectivity index (χ0n) is 22.5. The first-order valence-electron chi connectivity index (χ1n) is 12.7. The SMILES string of the molecule is COc1ccc(C(NC(=O)c2ccc(NC(=O)N3CCc4cc(OC)c(OC)cc4C3)cc2)C(C)C)cc1. The lowest BCUT2D eigenvalue weighted by Gasteiger charge is -2.29. The highest BCUT2D eigenvalue weighted by Gasteiger charge is 2.23. The number of carbonyl (C=O) groups excluding carboxylic acids is 2. The Morgan fingerprint density at radius 1 is 0.842 bits per heavy atom. The number of fused-ring (bicyclic) bond motifs is 1. The zero-order chi connectivity index (χ0) is 27.2. The number of amides is 3. The molecular formula is C30H35N3O5. The number of carbonyl (C=O) groups is 2. The minimum Gasteiger partial charge on any atom is -0.497 e. The van der Waals surface area contributed by atoms with Crippen LogP contribution in [0.25, 0.3) is 0 Å². The lowest BCUT2D eigenvalue weighted by Crippen LogP contribution is -2.38. The summed E-state index contributed by atoms with van der Waals surface area (Å²) in [5, 5.41) is 6.07. The van der Waals surface area contributed by atoms with Crippen LogP contribution in [0, 0.1) is 5.92 Å². The number of hydrogen-bond donors (Lipinski definition) is 2. The van der Waals surface area contributed by atoms with E-state index in [2.05, 4.69) is 24.5 Å². The predicted molar refractivity (Wildman–Crippen MR) is 147 cm³/mol. The molecule has 2 N–H and O–H groups in total. The van der Waals surface area contributed by atoms with Crippen molar-refractivity contribution in [1.29, 1.82) is 0 Å². The summed E-state index contributed by atoms with van der Waals surface area (Å²) in [4.78, 5) is 27.7. The summed E-state index contributed by atoms with van der Waals surface area (Å²) in [5.74, 6) is 2.14. The Bertz CT molecular complexity index is 1270. The van der Waals surface area contributed by atoms with E-state index >= 15 is 0 Å². The molecule has 3 aromatic carbocycles. The van der Waals surface area contributed by atoms with Crippen molar-refractivity contribution in [3.63, 3.8) is 0 Å². The summed E-state index contributed by atoms with van der Waals surface area (Å²) in [6, 6.07) is 18.2. The molecule has 1 atom stereocenters. The van der Waals surface area contributed by atoms with Crippen molar-refractivity contribution in [3.05, 3.63) is 82.9 Å². The van der Waals surface area contributed by atoms with Crippen LogP contribution in [0.1, 0.15) is 46.9 Å². The summed E-state index contributed by atoms with van der Waals surface area (Å²) < 4.78 is 16.0. The molecule has 200 valence electrons. The van der Waals surface area contributed by atoms with Gasteiger partial charge in [0.05, 0.1) is 27.4 Å². The highest BCUT2D eigenvalue weighted by Crippen LogP contribution is 2.33. The summed E-state index contributed by atoms with van der Waals surface area (Å²) >= 11 is 0. The van der Waals surface area contributed by atoms with Gasteiger partial charge in [-0.15, -0.1) is 0 Å². The van der Waals surface area contributed by atoms with E-state index in [9.17, 15) is 9.59 Å². The Morgan fingerprint density at radius 2 is 1.47 bits per heavy atom. The molecule has 0 fully saturated rings. The number of hydrogen-bond acceptors (Lipinski definition) is 5. The van der Waals surface area contributed by atoms with Gasteiger partial charge in [-0.3, -0.25) is 4.79 Å². The molecule has 0 aliphatic carbocycles. The standard InChI is InChI=1S/C30H35N3O5/c1-19(2)28(20-8-12-25(36-3)13-9-20)32-29(34)21-6-10-24(11-7-21)31-30(35)33-15-14-22-16-26(37-4)27(38-5)17-23(22)18-33/h6-13,16-17,19,28H,14-15,18H2,1-5H3,(H,31,35)(H,32,34). The third-order valence-corrected chi connectivity index (χ3v) is 6.83. The number of methoxy groups -OCH3 is 3. The van der Waals surface area contributed by atoms with Gasteiger partial charge in [0.2, 0.25) is 0 Å². The van der Waals surface area contributed by atoms with E-state index in [0.717, 1.165) is 28.9 Å². The molecule has 0 saturated heterocycles. The molecule has 3 amide bonds. The quantitative estimate of drug-likeness (QED) is 0.416. The second-order valence-corrected chi connectivity index (χ2v) is 9.62. The first-order valence-corrected chi connectivity index (χ1v) is 12.7. The van der Waals surface area contributed by atoms with Crippen LogP contribution in [0.3, 0.4) is 0 Å². The molecule has 0 radical (unpaired) electrons. The smallest absolute Gasteiger partial charge is 0.322 e. The number of urea groups is 1. The third kappa shape index (κ3) is 6.02. The molecule has 0 bridgehead atoms. The number of nitrogens with zero attached hydrogens (tertiary/aromatic N) is 1. The summed E-state index contributed by atoms with van der Waals surface area (Å²) in [6.45, 7) is 5.21. The van der Waals surface area contributed by atoms with E-state index in [4.69, 9.17) is 14.2 Å². The maximum Gasteiger partial charge on any atom is 0.322 e. The van der Waals surface area contributed by atoms with Gasteiger partial charge >= 0.3 is 6.03 Å². The zero-order valence-corrected chi connectivity index (χ0v) is 22.5. The number of ether oxygens (including phenoxy) is 3. The van der Waals surface area contributed by atoms with Crippen molar-refractivity contribution in [3.8, 4) is 17.2 Å². The average Bonchev–Trinajstić information content (AvgIpc) is 2.94. The third-order valence-electron chi connectivity index (χ3n) is 6.83. The first kappa shape index (κ1) is 26.9. The van der Waals surface area contributed by atoms with Crippen molar-refractivity contribution in [2.24, 2.45) is 5.92 Å². The molecule has 8 heteroatoms. The van der Waals surface area contributed by atoms with E-state index in [1.165, 1.54) is 0 Å². The predicted octanol–water partition coefficient (Wildman–Crippen LogP) is 5.43. The van der Waals surface area contributed by atoms with Crippen LogP contribution in [0.5, 0.6) is 17.2 Å². The van der Waals surface area contributed by atoms with Crippen LogP contribution < -0.4 is 24.8 Å². The number of rotatable bonds is 8. The van der Waals surface area contributed by atoms with Crippen LogP contribution in [-0.4, -0.2) is 44.7 Å². The molecule has 1 heterocycles. The Morgan fingerprint density at radius 3 is 2.05 bits per heavy atom. The first-order chi connectivity index (χ1) is 18.3. The highest BCUT2D eigenvalue weighted by molar-refractivity contribution is 5.95. The maximum atomic E-state index is 13.0. The largest absolute Gasteiger partial charge is 0.497 e. The molecule has 4 rings (SSSR count). The van der Waals surface area contributed by atoms with Gasteiger partial charge in [-0.1, -0.05) is 26.0 Å². The van der Waals surface area contributed by atoms with Gasteiger partial charge in [0.1, 0.15) is 5.75 Å². The summed E-state index contributed by atoms with van der Waals surface area (Å²) in [7, 11) is 4.85. The van der Waals surface area contributed by atoms with Gasteiger partial charge in [-0.25, -0.2) is 4.79 Å². The topological polar surface area (TPSA) is 89.1 Å². The Hall–Kier alpha value is -4.20. The van der Waals surface area contributed by atoms with Gasteiger partial charge in [-0.2, -0.15) is 0 Å². The van der Waals surface area contributed by atoms with E-state index in [1.807, 2.05) is 36.4 Å². The second kappa shape index (κ2) is 11.9. The Kier molecular flexibility index (Phi) is 8.41. The van der Waals surface area contributed by atoms with Crippen molar-refractivity contribution in [2.45, 2.75) is 32.9 Å². The molecule has 0 aromatic heterocycles. The lowest BCUT2D eigenvalue weighted by atomic mass is 9.95. The van der Waals surface area contributed by atoms with Gasteiger partial charge < -0.3 is 29.7 Å². The fourth-order valence-electron chi connectivity index (χ4n) is 4.63. The fraction of sp³-hybridized carbons (Fsp3) is 0.333. The van der Waals surface area contributed by atoms with Crippen LogP contribution in [0.4, 0.5) is 10.5 Å². The van der Waals surface area contributed by atoms with Crippen LogP contribution >= 0.6 is 0 Å². The van der Waals surface area contributed by atoms with Crippen molar-refractivity contribution in [1.82, 2.24) is 10.2 Å². The molecular weight excluding hydrogens is 482 g/mol. The Labute approximate surface area is 223 Å². The molecule has 38 heavy (non-hydrogen) atoms. The molecule has 0 spiro atoms. The molecule has 0 saturated carbocycles. The maximum absolute atomic E-state index is 13.0. The lowest BCUT2D eigenvalue weighted by molar-refractivity contribution is 0.0925. The van der Waals surface area contributed by atoms with Crippen molar-refractivity contribution < 1.29 is 23.8 Å². The normalized spacial score (nSPS) is 13.4. The highest BCUT2D eigenvalue weighted by atomic mass is 16.5. The molecule has 1 unspecified atom stereocenters. The van der Waals surface area contributed by atoms with Gasteiger partial charge in [0, 0.05) is 24.3 Å². The number of benzene rings is 3. The number of nitrogens with one attached hydrogen (secondary N) is 2. The fourth-order valence-corrected chi connectivity index (χ4v) is 4.63. The Balaban J connectivity index is 1.38. The van der Waals surface area contributed by atoms with Crippen molar-refractivity contribution in [2.75, 3.05) is 33.2 Å².